The molecule has 0 aromatic carbocycles. The van der Waals surface area contributed by atoms with Gasteiger partial charge in [0.2, 0.25) is 10.0 Å². The quantitative estimate of drug-likeness (QED) is 0.852. The van der Waals surface area contributed by atoms with Crippen molar-refractivity contribution in [2.24, 2.45) is 0 Å². The third-order valence-corrected chi connectivity index (χ3v) is 5.09. The molecule has 0 saturated heterocycles. The van der Waals surface area contributed by atoms with Crippen molar-refractivity contribution in [3.63, 3.8) is 0 Å². The second-order valence-electron chi connectivity index (χ2n) is 3.02. The normalized spacial score (nSPS) is 12.1. The van der Waals surface area contributed by atoms with Crippen molar-refractivity contribution in [3.8, 4) is 0 Å². The van der Waals surface area contributed by atoms with Crippen LogP contribution < -0.4 is 0 Å². The Hall–Kier alpha value is -0.360. The van der Waals surface area contributed by atoms with E-state index in [9.17, 15) is 8.42 Å². The van der Waals surface area contributed by atoms with Gasteiger partial charge >= 0.3 is 0 Å². The smallest absolute Gasteiger partial charge is 0.246 e. The standard InChI is InChI=1S/C9H12Cl2N2O2S/c1-3-13(4-2)16(14,15)8-6-12-5-7(10)9(8)11/h5-6H,3-4H2,1-2H3. The lowest BCUT2D eigenvalue weighted by molar-refractivity contribution is 0.445. The van der Waals surface area contributed by atoms with Gasteiger partial charge in [-0.3, -0.25) is 4.98 Å². The van der Waals surface area contributed by atoms with Crippen LogP contribution in [-0.2, 0) is 10.0 Å². The van der Waals surface area contributed by atoms with Crippen molar-refractivity contribution in [3.05, 3.63) is 22.4 Å². The predicted octanol–water partition coefficient (Wildman–Crippen LogP) is 2.42. The summed E-state index contributed by atoms with van der Waals surface area (Å²) in [5, 5.41) is 0.151. The fraction of sp³-hybridized carbons (Fsp3) is 0.444. The molecule has 0 atom stereocenters. The van der Waals surface area contributed by atoms with Crippen LogP contribution in [0.4, 0.5) is 0 Å². The van der Waals surface area contributed by atoms with E-state index in [1.807, 2.05) is 0 Å². The second kappa shape index (κ2) is 5.31. The van der Waals surface area contributed by atoms with E-state index in [2.05, 4.69) is 4.98 Å². The average Bonchev–Trinajstić information content (AvgIpc) is 2.23. The van der Waals surface area contributed by atoms with Crippen molar-refractivity contribution in [2.75, 3.05) is 13.1 Å². The number of hydrogen-bond acceptors (Lipinski definition) is 3. The van der Waals surface area contributed by atoms with Crippen molar-refractivity contribution >= 4 is 33.2 Å². The molecule has 0 aliphatic carbocycles. The minimum absolute atomic E-state index is 0.0172. The SMILES string of the molecule is CCN(CC)S(=O)(=O)c1cncc(Cl)c1Cl. The Morgan fingerprint density at radius 3 is 2.31 bits per heavy atom. The zero-order valence-corrected chi connectivity index (χ0v) is 11.3. The van der Waals surface area contributed by atoms with Crippen LogP contribution in [0.1, 0.15) is 13.8 Å². The summed E-state index contributed by atoms with van der Waals surface area (Å²) in [4.78, 5) is 3.69. The summed E-state index contributed by atoms with van der Waals surface area (Å²) in [5.41, 5.74) is 0. The van der Waals surface area contributed by atoms with Gasteiger partial charge in [-0.05, 0) is 0 Å². The summed E-state index contributed by atoms with van der Waals surface area (Å²) in [7, 11) is -3.60. The molecule has 0 spiro atoms. The summed E-state index contributed by atoms with van der Waals surface area (Å²) in [6, 6.07) is 0. The molecule has 90 valence electrons. The maximum atomic E-state index is 12.1. The molecule has 1 aromatic rings. The fourth-order valence-corrected chi connectivity index (χ4v) is 3.38. The van der Waals surface area contributed by atoms with Crippen LogP contribution in [0.25, 0.3) is 0 Å². The topological polar surface area (TPSA) is 50.3 Å². The molecule has 0 bridgehead atoms. The maximum Gasteiger partial charge on any atom is 0.246 e. The first-order chi connectivity index (χ1) is 7.45. The van der Waals surface area contributed by atoms with Crippen molar-refractivity contribution in [1.29, 1.82) is 0 Å². The number of nitrogens with zero attached hydrogens (tertiary/aromatic N) is 2. The summed E-state index contributed by atoms with van der Waals surface area (Å²) >= 11 is 11.6. The fourth-order valence-electron chi connectivity index (χ4n) is 1.28. The van der Waals surface area contributed by atoms with Crippen LogP contribution in [0.3, 0.4) is 0 Å². The number of rotatable bonds is 4. The molecule has 0 aliphatic heterocycles. The van der Waals surface area contributed by atoms with E-state index >= 15 is 0 Å². The molecule has 0 saturated carbocycles. The largest absolute Gasteiger partial charge is 0.262 e. The van der Waals surface area contributed by atoms with Gasteiger partial charge in [-0.15, -0.1) is 0 Å². The van der Waals surface area contributed by atoms with Crippen LogP contribution in [-0.4, -0.2) is 30.8 Å². The minimum atomic E-state index is -3.60. The Balaban J connectivity index is 3.33. The van der Waals surface area contributed by atoms with Gasteiger partial charge in [0.15, 0.2) is 0 Å². The van der Waals surface area contributed by atoms with Gasteiger partial charge in [0.1, 0.15) is 4.90 Å². The third kappa shape index (κ3) is 2.48. The monoisotopic (exact) mass is 282 g/mol. The zero-order valence-electron chi connectivity index (χ0n) is 8.94. The molecule has 7 heteroatoms. The molecule has 0 unspecified atom stereocenters. The highest BCUT2D eigenvalue weighted by molar-refractivity contribution is 7.89. The third-order valence-electron chi connectivity index (χ3n) is 2.13. The first-order valence-corrected chi connectivity index (χ1v) is 6.93. The molecule has 0 fully saturated rings. The van der Waals surface area contributed by atoms with Gasteiger partial charge in [0, 0.05) is 25.5 Å². The molecule has 1 rings (SSSR count). The van der Waals surface area contributed by atoms with Crippen LogP contribution in [0.5, 0.6) is 0 Å². The van der Waals surface area contributed by atoms with E-state index in [4.69, 9.17) is 23.2 Å². The summed E-state index contributed by atoms with van der Waals surface area (Å²) in [6.45, 7) is 4.27. The predicted molar refractivity (Wildman–Crippen MR) is 64.4 cm³/mol. The van der Waals surface area contributed by atoms with Crippen LogP contribution in [0, 0.1) is 0 Å². The molecule has 0 N–H and O–H groups in total. The van der Waals surface area contributed by atoms with Crippen molar-refractivity contribution in [2.45, 2.75) is 18.7 Å². The summed E-state index contributed by atoms with van der Waals surface area (Å²) in [5.74, 6) is 0. The minimum Gasteiger partial charge on any atom is -0.262 e. The molecule has 0 aliphatic rings. The van der Waals surface area contributed by atoms with Gasteiger partial charge in [-0.1, -0.05) is 37.0 Å². The van der Waals surface area contributed by atoms with E-state index in [1.165, 1.54) is 16.7 Å². The molecule has 4 nitrogen and oxygen atoms in total. The Morgan fingerprint density at radius 1 is 1.25 bits per heavy atom. The van der Waals surface area contributed by atoms with Gasteiger partial charge in [0.25, 0.3) is 0 Å². The first kappa shape index (κ1) is 13.7. The number of sulfonamides is 1. The summed E-state index contributed by atoms with van der Waals surface area (Å²) < 4.78 is 25.5. The lowest BCUT2D eigenvalue weighted by Crippen LogP contribution is -2.30. The van der Waals surface area contributed by atoms with E-state index < -0.39 is 10.0 Å². The molecule has 0 amide bonds. The van der Waals surface area contributed by atoms with Gasteiger partial charge in [-0.2, -0.15) is 4.31 Å². The van der Waals surface area contributed by atoms with Crippen molar-refractivity contribution in [1.82, 2.24) is 9.29 Å². The van der Waals surface area contributed by atoms with Gasteiger partial charge in [0.05, 0.1) is 10.0 Å². The van der Waals surface area contributed by atoms with Gasteiger partial charge < -0.3 is 0 Å². The summed E-state index contributed by atoms with van der Waals surface area (Å²) in [6.07, 6.45) is 2.52. The maximum absolute atomic E-state index is 12.1. The highest BCUT2D eigenvalue weighted by Crippen LogP contribution is 2.29. The van der Waals surface area contributed by atoms with Crippen LogP contribution >= 0.6 is 23.2 Å². The van der Waals surface area contributed by atoms with E-state index in [-0.39, 0.29) is 14.9 Å². The molecular weight excluding hydrogens is 271 g/mol. The highest BCUT2D eigenvalue weighted by Gasteiger charge is 2.25. The Bertz CT molecular complexity index is 472. The molecular formula is C9H12Cl2N2O2S. The zero-order chi connectivity index (χ0) is 12.3. The average molecular weight is 283 g/mol. The van der Waals surface area contributed by atoms with E-state index in [1.54, 1.807) is 13.8 Å². The first-order valence-electron chi connectivity index (χ1n) is 4.74. The lowest BCUT2D eigenvalue weighted by Gasteiger charge is -2.18. The van der Waals surface area contributed by atoms with Gasteiger partial charge in [-0.25, -0.2) is 8.42 Å². The van der Waals surface area contributed by atoms with Crippen LogP contribution in [0.15, 0.2) is 17.3 Å². The van der Waals surface area contributed by atoms with E-state index in [0.717, 1.165) is 0 Å². The lowest BCUT2D eigenvalue weighted by atomic mass is 10.5. The number of pyridine rings is 1. The number of hydrogen-bond donors (Lipinski definition) is 0. The molecule has 16 heavy (non-hydrogen) atoms. The van der Waals surface area contributed by atoms with Crippen LogP contribution in [0.2, 0.25) is 10.0 Å². The molecule has 1 heterocycles. The molecule has 0 radical (unpaired) electrons. The second-order valence-corrected chi connectivity index (χ2v) is 5.71. The van der Waals surface area contributed by atoms with Crippen molar-refractivity contribution < 1.29 is 8.42 Å². The Kier molecular flexibility index (Phi) is 4.55. The Labute approximate surface area is 105 Å². The molecule has 1 aromatic heterocycles. The Morgan fingerprint density at radius 2 is 1.81 bits per heavy atom. The number of aromatic nitrogens is 1. The number of halogens is 2. The van der Waals surface area contributed by atoms with E-state index in [0.29, 0.717) is 13.1 Å². The highest BCUT2D eigenvalue weighted by atomic mass is 35.5.